The van der Waals surface area contributed by atoms with Crippen molar-refractivity contribution in [1.82, 2.24) is 19.2 Å². The topological polar surface area (TPSA) is 52.2 Å². The number of pyridine rings is 1. The number of aryl methyl sites for hydroxylation is 3. The highest BCUT2D eigenvalue weighted by molar-refractivity contribution is 7.98. The molecule has 22 heavy (non-hydrogen) atoms. The second-order valence-electron chi connectivity index (χ2n) is 5.22. The van der Waals surface area contributed by atoms with E-state index in [0.717, 1.165) is 29.4 Å². The van der Waals surface area contributed by atoms with Gasteiger partial charge in [0.25, 0.3) is 5.56 Å². The molecule has 0 amide bonds. The average Bonchev–Trinajstić information content (AvgIpc) is 2.82. The van der Waals surface area contributed by atoms with Gasteiger partial charge in [0.2, 0.25) is 0 Å². The average molecular weight is 314 g/mol. The Morgan fingerprint density at radius 1 is 1.23 bits per heavy atom. The van der Waals surface area contributed by atoms with Crippen LogP contribution in [0.4, 0.5) is 0 Å². The molecule has 0 bridgehead atoms. The highest BCUT2D eigenvalue weighted by Crippen LogP contribution is 2.11. The summed E-state index contributed by atoms with van der Waals surface area (Å²) in [6.45, 7) is 4.94. The highest BCUT2D eigenvalue weighted by atomic mass is 32.2. The summed E-state index contributed by atoms with van der Waals surface area (Å²) in [7, 11) is 0. The van der Waals surface area contributed by atoms with Crippen LogP contribution in [0, 0.1) is 13.8 Å². The van der Waals surface area contributed by atoms with Gasteiger partial charge in [-0.2, -0.15) is 16.9 Å². The van der Waals surface area contributed by atoms with Crippen LogP contribution in [-0.4, -0.2) is 24.9 Å². The van der Waals surface area contributed by atoms with E-state index in [4.69, 9.17) is 0 Å². The summed E-state index contributed by atoms with van der Waals surface area (Å²) >= 11 is 1.76. The van der Waals surface area contributed by atoms with E-state index in [2.05, 4.69) is 23.1 Å². The third-order valence-corrected chi connectivity index (χ3v) is 4.40. The van der Waals surface area contributed by atoms with Gasteiger partial charge < -0.3 is 0 Å². The van der Waals surface area contributed by atoms with Crippen LogP contribution in [0.25, 0.3) is 5.65 Å². The minimum absolute atomic E-state index is 0.0280. The minimum Gasteiger partial charge on any atom is -0.269 e. The summed E-state index contributed by atoms with van der Waals surface area (Å²) in [4.78, 5) is 16.5. The molecule has 5 nitrogen and oxygen atoms in total. The number of hydrogen-bond donors (Lipinski definition) is 0. The van der Waals surface area contributed by atoms with E-state index in [9.17, 15) is 4.79 Å². The Balaban J connectivity index is 1.62. The maximum absolute atomic E-state index is 12.0. The molecule has 0 unspecified atom stereocenters. The van der Waals surface area contributed by atoms with E-state index in [1.807, 2.05) is 29.8 Å². The Bertz CT molecular complexity index is 853. The first-order valence-corrected chi connectivity index (χ1v) is 8.35. The van der Waals surface area contributed by atoms with Crippen molar-refractivity contribution in [2.75, 3.05) is 5.75 Å². The number of aromatic nitrogens is 4. The summed E-state index contributed by atoms with van der Waals surface area (Å²) in [6.07, 6.45) is 1.74. The van der Waals surface area contributed by atoms with E-state index in [1.54, 1.807) is 28.4 Å². The number of rotatable bonds is 5. The standard InChI is InChI=1S/C16H18N4OS/c1-12-9-13(2)20(18-12)7-8-22-11-14-10-16(21)19-6-4-3-5-15(19)17-14/h3-6,9-10H,7-8,11H2,1-2H3. The van der Waals surface area contributed by atoms with Crippen molar-refractivity contribution in [1.29, 1.82) is 0 Å². The molecular formula is C16H18N4OS. The molecule has 0 aromatic carbocycles. The molecule has 0 radical (unpaired) electrons. The molecule has 0 aliphatic heterocycles. The van der Waals surface area contributed by atoms with Crippen LogP contribution in [0.1, 0.15) is 17.1 Å². The molecule has 0 saturated carbocycles. The van der Waals surface area contributed by atoms with Gasteiger partial charge in [-0.05, 0) is 32.0 Å². The van der Waals surface area contributed by atoms with Gasteiger partial charge in [0.1, 0.15) is 5.65 Å². The lowest BCUT2D eigenvalue weighted by Crippen LogP contribution is -2.14. The second-order valence-corrected chi connectivity index (χ2v) is 6.32. The first kappa shape index (κ1) is 14.8. The molecule has 3 aromatic rings. The largest absolute Gasteiger partial charge is 0.269 e. The quantitative estimate of drug-likeness (QED) is 0.679. The fourth-order valence-electron chi connectivity index (χ4n) is 2.41. The van der Waals surface area contributed by atoms with Crippen LogP contribution < -0.4 is 5.56 Å². The second kappa shape index (κ2) is 6.36. The lowest BCUT2D eigenvalue weighted by molar-refractivity contribution is 0.640. The Kier molecular flexibility index (Phi) is 4.29. The molecule has 3 rings (SSSR count). The van der Waals surface area contributed by atoms with Crippen LogP contribution >= 0.6 is 11.8 Å². The van der Waals surface area contributed by atoms with Crippen molar-refractivity contribution in [3.63, 3.8) is 0 Å². The zero-order chi connectivity index (χ0) is 15.5. The Hall–Kier alpha value is -2.08. The van der Waals surface area contributed by atoms with Crippen molar-refractivity contribution in [2.24, 2.45) is 0 Å². The molecule has 0 spiro atoms. The van der Waals surface area contributed by atoms with Crippen molar-refractivity contribution < 1.29 is 0 Å². The number of fused-ring (bicyclic) bond motifs is 1. The van der Waals surface area contributed by atoms with Gasteiger partial charge in [0.05, 0.1) is 17.9 Å². The Morgan fingerprint density at radius 3 is 2.86 bits per heavy atom. The Labute approximate surface area is 133 Å². The van der Waals surface area contributed by atoms with Crippen molar-refractivity contribution in [3.05, 3.63) is 64.0 Å². The highest BCUT2D eigenvalue weighted by Gasteiger charge is 2.03. The molecule has 0 N–H and O–H groups in total. The molecule has 114 valence electrons. The van der Waals surface area contributed by atoms with E-state index in [-0.39, 0.29) is 5.56 Å². The van der Waals surface area contributed by atoms with Crippen molar-refractivity contribution in [3.8, 4) is 0 Å². The van der Waals surface area contributed by atoms with E-state index >= 15 is 0 Å². The lowest BCUT2D eigenvalue weighted by Gasteiger charge is -2.05. The summed E-state index contributed by atoms with van der Waals surface area (Å²) in [5.74, 6) is 1.68. The molecule has 3 aromatic heterocycles. The van der Waals surface area contributed by atoms with Gasteiger partial charge in [-0.15, -0.1) is 0 Å². The predicted octanol–water partition coefficient (Wildman–Crippen LogP) is 2.44. The summed E-state index contributed by atoms with van der Waals surface area (Å²) in [5, 5.41) is 4.44. The van der Waals surface area contributed by atoms with Gasteiger partial charge >= 0.3 is 0 Å². The third kappa shape index (κ3) is 3.22. The van der Waals surface area contributed by atoms with Crippen LogP contribution in [0.3, 0.4) is 0 Å². The molecule has 0 fully saturated rings. The maximum Gasteiger partial charge on any atom is 0.258 e. The van der Waals surface area contributed by atoms with Gasteiger partial charge in [-0.3, -0.25) is 13.9 Å². The molecule has 0 aliphatic rings. The van der Waals surface area contributed by atoms with Gasteiger partial charge in [0, 0.05) is 29.5 Å². The smallest absolute Gasteiger partial charge is 0.258 e. The monoisotopic (exact) mass is 314 g/mol. The van der Waals surface area contributed by atoms with Crippen molar-refractivity contribution in [2.45, 2.75) is 26.1 Å². The summed E-state index contributed by atoms with van der Waals surface area (Å²) < 4.78 is 3.58. The van der Waals surface area contributed by atoms with E-state index < -0.39 is 0 Å². The molecule has 3 heterocycles. The molecule has 0 atom stereocenters. The fraction of sp³-hybridized carbons (Fsp3) is 0.312. The predicted molar refractivity (Wildman–Crippen MR) is 89.3 cm³/mol. The maximum atomic E-state index is 12.0. The normalized spacial score (nSPS) is 11.2. The van der Waals surface area contributed by atoms with Crippen LogP contribution in [0.15, 0.2) is 41.3 Å². The Morgan fingerprint density at radius 2 is 2.09 bits per heavy atom. The minimum atomic E-state index is -0.0280. The third-order valence-electron chi connectivity index (χ3n) is 3.42. The number of nitrogens with zero attached hydrogens (tertiary/aromatic N) is 4. The lowest BCUT2D eigenvalue weighted by atomic mass is 10.4. The number of thioether (sulfide) groups is 1. The molecular weight excluding hydrogens is 296 g/mol. The van der Waals surface area contributed by atoms with Crippen LogP contribution in [0.2, 0.25) is 0 Å². The fourth-order valence-corrected chi connectivity index (χ4v) is 3.21. The summed E-state index contributed by atoms with van der Waals surface area (Å²) in [6, 6.07) is 9.27. The zero-order valence-corrected chi connectivity index (χ0v) is 13.5. The van der Waals surface area contributed by atoms with Gasteiger partial charge in [-0.1, -0.05) is 6.07 Å². The first-order valence-electron chi connectivity index (χ1n) is 7.19. The summed E-state index contributed by atoms with van der Waals surface area (Å²) in [5.41, 5.74) is 3.73. The molecule has 0 saturated heterocycles. The number of hydrogen-bond acceptors (Lipinski definition) is 4. The molecule has 6 heteroatoms. The van der Waals surface area contributed by atoms with Gasteiger partial charge in [-0.25, -0.2) is 4.98 Å². The van der Waals surface area contributed by atoms with Crippen molar-refractivity contribution >= 4 is 17.4 Å². The van der Waals surface area contributed by atoms with E-state index in [1.165, 1.54) is 5.69 Å². The SMILES string of the molecule is Cc1cc(C)n(CCSCc2cc(=O)n3ccccc3n2)n1. The first-order chi connectivity index (χ1) is 10.6. The van der Waals surface area contributed by atoms with E-state index in [0.29, 0.717) is 5.65 Å². The van der Waals surface area contributed by atoms with Crippen LogP contribution in [-0.2, 0) is 12.3 Å². The zero-order valence-electron chi connectivity index (χ0n) is 12.7. The van der Waals surface area contributed by atoms with Crippen LogP contribution in [0.5, 0.6) is 0 Å². The van der Waals surface area contributed by atoms with Gasteiger partial charge in [0.15, 0.2) is 0 Å². The molecule has 0 aliphatic carbocycles.